The van der Waals surface area contributed by atoms with Crippen molar-refractivity contribution in [1.29, 1.82) is 0 Å². The fraction of sp³-hybridized carbons (Fsp3) is 0.385. The van der Waals surface area contributed by atoms with Gasteiger partial charge in [0.15, 0.2) is 0 Å². The van der Waals surface area contributed by atoms with E-state index in [1.54, 1.807) is 6.21 Å². The van der Waals surface area contributed by atoms with E-state index in [1.165, 1.54) is 0 Å². The first kappa shape index (κ1) is 12.4. The van der Waals surface area contributed by atoms with Crippen molar-refractivity contribution < 1.29 is 9.53 Å². The summed E-state index contributed by atoms with van der Waals surface area (Å²) in [6, 6.07) is 9.54. The zero-order valence-electron chi connectivity index (χ0n) is 9.93. The van der Waals surface area contributed by atoms with Gasteiger partial charge in [-0.2, -0.15) is 4.99 Å². The normalized spacial score (nSPS) is 11.7. The van der Waals surface area contributed by atoms with Crippen LogP contribution < -0.4 is 0 Å². The number of rotatable bonds is 2. The second kappa shape index (κ2) is 5.45. The molecule has 1 aromatic carbocycles. The van der Waals surface area contributed by atoms with Gasteiger partial charge < -0.3 is 4.74 Å². The Kier molecular flexibility index (Phi) is 4.23. The molecule has 0 saturated carbocycles. The minimum Gasteiger partial charge on any atom is -0.443 e. The molecule has 1 rings (SSSR count). The lowest BCUT2D eigenvalue weighted by molar-refractivity contribution is 0.150. The Balaban J connectivity index is 2.40. The highest BCUT2D eigenvalue weighted by molar-refractivity contribution is 5.81. The molecule has 0 aromatic heterocycles. The summed E-state index contributed by atoms with van der Waals surface area (Å²) in [6.07, 6.45) is 1.05. The van der Waals surface area contributed by atoms with Gasteiger partial charge in [-0.15, -0.1) is 0 Å². The van der Waals surface area contributed by atoms with Crippen LogP contribution >= 0.6 is 0 Å². The number of nitrogens with zero attached hydrogens (tertiary/aromatic N) is 1. The Labute approximate surface area is 96.2 Å². The molecule has 16 heavy (non-hydrogen) atoms. The maximum atomic E-state index is 11.2. The van der Waals surface area contributed by atoms with E-state index in [9.17, 15) is 4.79 Å². The first-order valence-electron chi connectivity index (χ1n) is 5.23. The molecule has 0 spiro atoms. The van der Waals surface area contributed by atoms with Crippen molar-refractivity contribution in [3.8, 4) is 0 Å². The molecule has 0 aliphatic carbocycles. The molecule has 0 saturated heterocycles. The smallest absolute Gasteiger partial charge is 0.433 e. The van der Waals surface area contributed by atoms with Crippen LogP contribution in [0.25, 0.3) is 0 Å². The Hall–Kier alpha value is -1.64. The first-order chi connectivity index (χ1) is 7.47. The largest absolute Gasteiger partial charge is 0.443 e. The fourth-order valence-electron chi connectivity index (χ4n) is 1.00. The van der Waals surface area contributed by atoms with Gasteiger partial charge in [0.2, 0.25) is 0 Å². The minimum absolute atomic E-state index is 0.105. The molecule has 86 valence electrons. The topological polar surface area (TPSA) is 38.7 Å². The molecule has 0 atom stereocenters. The molecule has 0 aliphatic heterocycles. The molecule has 0 radical (unpaired) electrons. The van der Waals surface area contributed by atoms with E-state index in [2.05, 4.69) is 4.99 Å². The molecule has 0 unspecified atom stereocenters. The summed E-state index contributed by atoms with van der Waals surface area (Å²) in [5.74, 6) is 0. The van der Waals surface area contributed by atoms with E-state index in [1.807, 2.05) is 51.1 Å². The van der Waals surface area contributed by atoms with Crippen molar-refractivity contribution in [3.63, 3.8) is 0 Å². The third-order valence-electron chi connectivity index (χ3n) is 1.76. The monoisotopic (exact) mass is 219 g/mol. The van der Waals surface area contributed by atoms with Crippen LogP contribution in [0.3, 0.4) is 0 Å². The highest BCUT2D eigenvalue weighted by Gasteiger charge is 2.07. The van der Waals surface area contributed by atoms with Crippen LogP contribution in [0.15, 0.2) is 35.3 Å². The van der Waals surface area contributed by atoms with Crippen LogP contribution in [-0.4, -0.2) is 12.3 Å². The maximum absolute atomic E-state index is 11.2. The number of benzene rings is 1. The summed E-state index contributed by atoms with van der Waals surface area (Å²) in [5.41, 5.74) is 0.855. The van der Waals surface area contributed by atoms with Crippen molar-refractivity contribution >= 4 is 12.3 Å². The van der Waals surface area contributed by atoms with E-state index >= 15 is 0 Å². The summed E-state index contributed by atoms with van der Waals surface area (Å²) in [7, 11) is 0. The highest BCUT2D eigenvalue weighted by Crippen LogP contribution is 2.09. The average Bonchev–Trinajstić information content (AvgIpc) is 2.24. The van der Waals surface area contributed by atoms with Gasteiger partial charge in [0.25, 0.3) is 0 Å². The van der Waals surface area contributed by atoms with E-state index in [0.29, 0.717) is 0 Å². The maximum Gasteiger partial charge on any atom is 0.433 e. The van der Waals surface area contributed by atoms with Gasteiger partial charge in [-0.25, -0.2) is 4.79 Å². The first-order valence-corrected chi connectivity index (χ1v) is 5.23. The predicted octanol–water partition coefficient (Wildman–Crippen LogP) is 3.44. The van der Waals surface area contributed by atoms with E-state index in [-0.39, 0.29) is 12.0 Å². The molecule has 0 aliphatic rings. The number of hydrogen-bond acceptors (Lipinski definition) is 2. The summed E-state index contributed by atoms with van der Waals surface area (Å²) in [4.78, 5) is 15.0. The van der Waals surface area contributed by atoms with Crippen LogP contribution in [0.4, 0.5) is 4.79 Å². The zero-order chi connectivity index (χ0) is 12.0. The standard InChI is InChI=1S/C13H17NO2/c1-13(2,3)10-14-12(15)16-9-11-7-5-4-6-8-11/h4-8,10H,9H2,1-3H3/b14-10+. The van der Waals surface area contributed by atoms with Crippen molar-refractivity contribution in [3.05, 3.63) is 35.9 Å². The van der Waals surface area contributed by atoms with Crippen molar-refractivity contribution in [2.45, 2.75) is 27.4 Å². The lowest BCUT2D eigenvalue weighted by atomic mass is 9.99. The van der Waals surface area contributed by atoms with E-state index in [4.69, 9.17) is 4.74 Å². The number of carbonyl (C=O) groups is 1. The number of hydrogen-bond donors (Lipinski definition) is 0. The fourth-order valence-corrected chi connectivity index (χ4v) is 1.00. The van der Waals surface area contributed by atoms with Crippen LogP contribution in [0, 0.1) is 5.41 Å². The lowest BCUT2D eigenvalue weighted by Gasteiger charge is -2.09. The molecular formula is C13H17NO2. The van der Waals surface area contributed by atoms with Crippen molar-refractivity contribution in [2.24, 2.45) is 10.4 Å². The van der Waals surface area contributed by atoms with Crippen LogP contribution in [0.1, 0.15) is 26.3 Å². The number of amides is 1. The highest BCUT2D eigenvalue weighted by atomic mass is 16.5. The van der Waals surface area contributed by atoms with Gasteiger partial charge >= 0.3 is 6.09 Å². The van der Waals surface area contributed by atoms with Gasteiger partial charge in [-0.1, -0.05) is 51.1 Å². The second-order valence-electron chi connectivity index (χ2n) is 4.66. The Morgan fingerprint density at radius 2 is 1.94 bits per heavy atom. The molecule has 0 fully saturated rings. The molecular weight excluding hydrogens is 202 g/mol. The number of aliphatic imine (C=N–C) groups is 1. The Bertz CT molecular complexity index is 363. The molecule has 3 heteroatoms. The molecule has 1 amide bonds. The molecule has 0 N–H and O–H groups in total. The average molecular weight is 219 g/mol. The SMILES string of the molecule is CC(C)(C)/C=N/C(=O)OCc1ccccc1. The molecule has 1 aromatic rings. The lowest BCUT2D eigenvalue weighted by Crippen LogP contribution is -2.09. The van der Waals surface area contributed by atoms with Crippen LogP contribution in [0.5, 0.6) is 0 Å². The Morgan fingerprint density at radius 1 is 1.31 bits per heavy atom. The van der Waals surface area contributed by atoms with E-state index in [0.717, 1.165) is 5.56 Å². The third-order valence-corrected chi connectivity index (χ3v) is 1.76. The molecule has 0 bridgehead atoms. The van der Waals surface area contributed by atoms with Gasteiger partial charge in [-0.3, -0.25) is 0 Å². The number of carbonyl (C=O) groups excluding carboxylic acids is 1. The minimum atomic E-state index is -0.543. The predicted molar refractivity (Wildman–Crippen MR) is 64.6 cm³/mol. The van der Waals surface area contributed by atoms with Gasteiger partial charge in [0.1, 0.15) is 6.61 Å². The third kappa shape index (κ3) is 5.29. The summed E-state index contributed by atoms with van der Waals surface area (Å²) in [6.45, 7) is 6.18. The quantitative estimate of drug-likeness (QED) is 0.715. The van der Waals surface area contributed by atoms with Gasteiger partial charge in [-0.05, 0) is 11.0 Å². The summed E-state index contributed by atoms with van der Waals surface area (Å²) >= 11 is 0. The number of ether oxygens (including phenoxy) is 1. The summed E-state index contributed by atoms with van der Waals surface area (Å²) < 4.78 is 4.99. The van der Waals surface area contributed by atoms with Crippen LogP contribution in [0.2, 0.25) is 0 Å². The van der Waals surface area contributed by atoms with Crippen molar-refractivity contribution in [1.82, 2.24) is 0 Å². The summed E-state index contributed by atoms with van der Waals surface area (Å²) in [5, 5.41) is 0. The second-order valence-corrected chi connectivity index (χ2v) is 4.66. The Morgan fingerprint density at radius 3 is 2.50 bits per heavy atom. The van der Waals surface area contributed by atoms with E-state index < -0.39 is 6.09 Å². The molecule has 3 nitrogen and oxygen atoms in total. The molecule has 0 heterocycles. The zero-order valence-corrected chi connectivity index (χ0v) is 9.93. The van der Waals surface area contributed by atoms with Gasteiger partial charge in [0, 0.05) is 6.21 Å². The van der Waals surface area contributed by atoms with Crippen molar-refractivity contribution in [2.75, 3.05) is 0 Å². The van der Waals surface area contributed by atoms with Crippen LogP contribution in [-0.2, 0) is 11.3 Å². The van der Waals surface area contributed by atoms with Gasteiger partial charge in [0.05, 0.1) is 0 Å².